The number of hydrogen-bond donors (Lipinski definition) is 1. The van der Waals surface area contributed by atoms with Crippen LogP contribution in [0.15, 0.2) is 38.1 Å². The molecule has 0 bridgehead atoms. The van der Waals surface area contributed by atoms with Crippen molar-refractivity contribution in [1.29, 1.82) is 0 Å². The van der Waals surface area contributed by atoms with Crippen LogP contribution in [0.2, 0.25) is 0 Å². The predicted octanol–water partition coefficient (Wildman–Crippen LogP) is 4.38. The Labute approximate surface area is 180 Å². The Kier molecular flexibility index (Phi) is 5.96. The number of rotatable bonds is 4. The quantitative estimate of drug-likeness (QED) is 0.335. The first-order chi connectivity index (χ1) is 12.8. The zero-order chi connectivity index (χ0) is 19.7. The second-order valence-corrected chi connectivity index (χ2v) is 8.37. The second-order valence-electron chi connectivity index (χ2n) is 5.36. The lowest BCUT2D eigenvalue weighted by atomic mass is 10.2. The van der Waals surface area contributed by atoms with Gasteiger partial charge in [0.2, 0.25) is 5.76 Å². The molecular formula is C17H11BrINO6S. The van der Waals surface area contributed by atoms with E-state index in [0.717, 1.165) is 16.7 Å². The number of nitrogens with zero attached hydrogens (tertiary/aromatic N) is 1. The topological polar surface area (TPSA) is 97.0 Å². The summed E-state index contributed by atoms with van der Waals surface area (Å²) in [6.45, 7) is -0.0875. The lowest BCUT2D eigenvalue weighted by Gasteiger charge is -2.10. The average molecular weight is 564 g/mol. The molecule has 7 nitrogen and oxygen atoms in total. The van der Waals surface area contributed by atoms with Crippen LogP contribution in [-0.2, 0) is 16.1 Å². The summed E-state index contributed by atoms with van der Waals surface area (Å²) < 4.78 is 11.0. The molecule has 1 aromatic carbocycles. The monoisotopic (exact) mass is 563 g/mol. The highest BCUT2D eigenvalue weighted by atomic mass is 127. The minimum absolute atomic E-state index is 0.00136. The lowest BCUT2D eigenvalue weighted by molar-refractivity contribution is -0.123. The number of aromatic hydroxyl groups is 1. The van der Waals surface area contributed by atoms with Crippen molar-refractivity contribution in [1.82, 2.24) is 4.90 Å². The predicted molar refractivity (Wildman–Crippen MR) is 110 cm³/mol. The SMILES string of the molecule is COC(=O)c1ccc(CN2C(=O)S/C(=C/c3cc(Br)c(O)c(I)c3)C2=O)o1. The Morgan fingerprint density at radius 1 is 1.41 bits per heavy atom. The molecule has 0 atom stereocenters. The number of carbonyl (C=O) groups is 3. The highest BCUT2D eigenvalue weighted by molar-refractivity contribution is 14.1. The van der Waals surface area contributed by atoms with E-state index in [-0.39, 0.29) is 23.0 Å². The number of amides is 2. The van der Waals surface area contributed by atoms with Crippen molar-refractivity contribution in [2.45, 2.75) is 6.54 Å². The number of halogens is 2. The summed E-state index contributed by atoms with van der Waals surface area (Å²) in [6.07, 6.45) is 1.58. The number of phenols is 1. The maximum Gasteiger partial charge on any atom is 0.373 e. The van der Waals surface area contributed by atoms with Crippen molar-refractivity contribution < 1.29 is 28.6 Å². The Morgan fingerprint density at radius 3 is 2.81 bits per heavy atom. The summed E-state index contributed by atoms with van der Waals surface area (Å²) in [5.41, 5.74) is 0.667. The summed E-state index contributed by atoms with van der Waals surface area (Å²) in [7, 11) is 1.23. The van der Waals surface area contributed by atoms with E-state index in [1.54, 1.807) is 18.2 Å². The van der Waals surface area contributed by atoms with Crippen LogP contribution in [0.4, 0.5) is 4.79 Å². The lowest BCUT2D eigenvalue weighted by Crippen LogP contribution is -2.27. The van der Waals surface area contributed by atoms with Gasteiger partial charge in [0.25, 0.3) is 11.1 Å². The van der Waals surface area contributed by atoms with Gasteiger partial charge in [0.1, 0.15) is 11.5 Å². The Morgan fingerprint density at radius 2 is 2.15 bits per heavy atom. The number of methoxy groups -OCH3 is 1. The highest BCUT2D eigenvalue weighted by Crippen LogP contribution is 2.36. The molecule has 0 saturated carbocycles. The molecule has 1 N–H and O–H groups in total. The fraction of sp³-hybridized carbons (Fsp3) is 0.118. The third kappa shape index (κ3) is 4.22. The first kappa shape index (κ1) is 20.0. The first-order valence-corrected chi connectivity index (χ1v) is 10.1. The van der Waals surface area contributed by atoms with Gasteiger partial charge in [-0.15, -0.1) is 0 Å². The van der Waals surface area contributed by atoms with Gasteiger partial charge < -0.3 is 14.3 Å². The van der Waals surface area contributed by atoms with Crippen molar-refractivity contribution in [3.8, 4) is 5.75 Å². The van der Waals surface area contributed by atoms with E-state index in [2.05, 4.69) is 20.7 Å². The smallest absolute Gasteiger partial charge is 0.373 e. The number of esters is 1. The number of imide groups is 1. The molecule has 1 saturated heterocycles. The first-order valence-electron chi connectivity index (χ1n) is 7.40. The van der Waals surface area contributed by atoms with E-state index < -0.39 is 17.1 Å². The number of hydrogen-bond acceptors (Lipinski definition) is 7. The fourth-order valence-electron chi connectivity index (χ4n) is 2.29. The van der Waals surface area contributed by atoms with Gasteiger partial charge in [-0.3, -0.25) is 14.5 Å². The Hall–Kier alpha value is -1.79. The van der Waals surface area contributed by atoms with Gasteiger partial charge >= 0.3 is 5.97 Å². The Balaban J connectivity index is 1.81. The van der Waals surface area contributed by atoms with E-state index in [1.165, 1.54) is 19.2 Å². The number of benzene rings is 1. The van der Waals surface area contributed by atoms with Crippen LogP contribution in [-0.4, -0.2) is 34.2 Å². The van der Waals surface area contributed by atoms with Crippen LogP contribution in [0.3, 0.4) is 0 Å². The van der Waals surface area contributed by atoms with E-state index in [9.17, 15) is 19.5 Å². The highest BCUT2D eigenvalue weighted by Gasteiger charge is 2.35. The summed E-state index contributed by atoms with van der Waals surface area (Å²) in [6, 6.07) is 6.29. The zero-order valence-electron chi connectivity index (χ0n) is 13.7. The van der Waals surface area contributed by atoms with Gasteiger partial charge in [0, 0.05) is 0 Å². The molecule has 3 rings (SSSR count). The molecule has 1 aliphatic heterocycles. The van der Waals surface area contributed by atoms with Crippen LogP contribution in [0.1, 0.15) is 21.9 Å². The van der Waals surface area contributed by atoms with Gasteiger partial charge in [-0.1, -0.05) is 0 Å². The molecular weight excluding hydrogens is 553 g/mol. The van der Waals surface area contributed by atoms with Crippen molar-refractivity contribution in [2.75, 3.05) is 7.11 Å². The van der Waals surface area contributed by atoms with Crippen LogP contribution in [0.5, 0.6) is 5.75 Å². The average Bonchev–Trinajstić information content (AvgIpc) is 3.20. The van der Waals surface area contributed by atoms with Gasteiger partial charge in [-0.2, -0.15) is 0 Å². The van der Waals surface area contributed by atoms with Crippen LogP contribution >= 0.6 is 50.3 Å². The van der Waals surface area contributed by atoms with Crippen LogP contribution < -0.4 is 0 Å². The van der Waals surface area contributed by atoms with Gasteiger partial charge in [-0.05, 0) is 86.2 Å². The molecule has 1 aromatic heterocycles. The van der Waals surface area contributed by atoms with Gasteiger partial charge in [-0.25, -0.2) is 4.79 Å². The van der Waals surface area contributed by atoms with Crippen molar-refractivity contribution in [2.24, 2.45) is 0 Å². The molecule has 27 heavy (non-hydrogen) atoms. The minimum atomic E-state index is -0.636. The second kappa shape index (κ2) is 8.07. The standard InChI is InChI=1S/C17H11BrINO6S/c1-25-16(23)12-3-2-9(26-12)7-20-15(22)13(27-17(20)24)6-8-4-10(18)14(21)11(19)5-8/h2-6,21H,7H2,1H3/b13-6+. The van der Waals surface area contributed by atoms with Crippen LogP contribution in [0, 0.1) is 3.57 Å². The minimum Gasteiger partial charge on any atom is -0.506 e. The molecule has 0 spiro atoms. The Bertz CT molecular complexity index is 963. The summed E-state index contributed by atoms with van der Waals surface area (Å²) >= 11 is 6.03. The van der Waals surface area contributed by atoms with Crippen molar-refractivity contribution in [3.05, 3.63) is 54.3 Å². The largest absolute Gasteiger partial charge is 0.506 e. The maximum absolute atomic E-state index is 12.6. The molecule has 0 radical (unpaired) electrons. The van der Waals surface area contributed by atoms with E-state index in [0.29, 0.717) is 19.4 Å². The number of thioether (sulfide) groups is 1. The molecule has 140 valence electrons. The fourth-order valence-corrected chi connectivity index (χ4v) is 4.62. The number of phenolic OH excluding ortho intramolecular Hbond substituents is 1. The molecule has 1 fully saturated rings. The zero-order valence-corrected chi connectivity index (χ0v) is 18.3. The van der Waals surface area contributed by atoms with Crippen molar-refractivity contribution in [3.63, 3.8) is 0 Å². The third-order valence-electron chi connectivity index (χ3n) is 3.57. The third-order valence-corrected chi connectivity index (χ3v) is 5.91. The summed E-state index contributed by atoms with van der Waals surface area (Å²) in [5.74, 6) is -0.692. The van der Waals surface area contributed by atoms with E-state index in [1.807, 2.05) is 22.6 Å². The molecule has 2 aromatic rings. The molecule has 2 amide bonds. The molecule has 0 unspecified atom stereocenters. The summed E-state index contributed by atoms with van der Waals surface area (Å²) in [5, 5.41) is 9.36. The normalized spacial score (nSPS) is 15.7. The molecule has 1 aliphatic rings. The maximum atomic E-state index is 12.6. The molecule has 0 aliphatic carbocycles. The van der Waals surface area contributed by atoms with Crippen LogP contribution in [0.25, 0.3) is 6.08 Å². The number of ether oxygens (including phenoxy) is 1. The van der Waals surface area contributed by atoms with Gasteiger partial charge in [0.15, 0.2) is 0 Å². The van der Waals surface area contributed by atoms with Gasteiger partial charge in [0.05, 0.1) is 26.6 Å². The number of carbonyl (C=O) groups excluding carboxylic acids is 3. The van der Waals surface area contributed by atoms with Crippen molar-refractivity contribution >= 4 is 73.5 Å². The molecule has 2 heterocycles. The van der Waals surface area contributed by atoms with E-state index >= 15 is 0 Å². The summed E-state index contributed by atoms with van der Waals surface area (Å²) in [4.78, 5) is 37.5. The molecule has 10 heteroatoms. The number of furan rings is 1. The van der Waals surface area contributed by atoms with E-state index in [4.69, 9.17) is 4.42 Å².